The van der Waals surface area contributed by atoms with E-state index in [0.29, 0.717) is 21.4 Å². The number of rotatable bonds is 3. The number of hydrogen-bond acceptors (Lipinski definition) is 4. The van der Waals surface area contributed by atoms with Gasteiger partial charge in [0.2, 0.25) is 0 Å². The Morgan fingerprint density at radius 1 is 1.27 bits per heavy atom. The molecule has 0 aliphatic rings. The molecule has 0 saturated heterocycles. The number of alkyl halides is 3. The van der Waals surface area contributed by atoms with Crippen LogP contribution in [0.2, 0.25) is 0 Å². The molecule has 26 heavy (non-hydrogen) atoms. The summed E-state index contributed by atoms with van der Waals surface area (Å²) in [5, 5.41) is 3.55. The fourth-order valence-electron chi connectivity index (χ4n) is 2.87. The summed E-state index contributed by atoms with van der Waals surface area (Å²) in [6.07, 6.45) is -3.18. The van der Waals surface area contributed by atoms with Gasteiger partial charge in [0.05, 0.1) is 21.6 Å². The van der Waals surface area contributed by atoms with Crippen molar-refractivity contribution in [3.63, 3.8) is 0 Å². The first kappa shape index (κ1) is 18.4. The number of H-pyrrole nitrogens is 1. The molecule has 1 unspecified atom stereocenters. The summed E-state index contributed by atoms with van der Waals surface area (Å²) in [5.41, 5.74) is -0.218. The molecule has 0 aliphatic carbocycles. The van der Waals surface area contributed by atoms with E-state index < -0.39 is 17.8 Å². The lowest BCUT2D eigenvalue weighted by Gasteiger charge is -2.20. The fourth-order valence-corrected chi connectivity index (χ4v) is 3.28. The van der Waals surface area contributed by atoms with E-state index in [1.165, 1.54) is 19.3 Å². The molecule has 0 amide bonds. The normalized spacial score (nSPS) is 13.0. The van der Waals surface area contributed by atoms with Crippen LogP contribution in [0, 0.1) is 6.92 Å². The third-order valence-corrected chi connectivity index (χ3v) is 4.53. The van der Waals surface area contributed by atoms with Crippen molar-refractivity contribution in [1.29, 1.82) is 0 Å². The third-order valence-electron chi connectivity index (χ3n) is 4.10. The summed E-state index contributed by atoms with van der Waals surface area (Å²) in [6.45, 7) is 3.17. The standard InChI is InChI=1S/C17H14BrF3N4O/c1-8-10(4-3-5-12(8)17(19,20)21)9(2)24-15-11-6-13(18)25-16(26)14(11)22-7-23-15/h3-7,9H,1-2H3,(H,25,26)(H,22,23,24). The molecular formula is C17H14BrF3N4O. The van der Waals surface area contributed by atoms with Crippen LogP contribution in [0.1, 0.15) is 29.7 Å². The Kier molecular flexibility index (Phi) is 4.74. The molecule has 136 valence electrons. The molecule has 9 heteroatoms. The minimum Gasteiger partial charge on any atom is -0.363 e. The van der Waals surface area contributed by atoms with E-state index in [0.717, 1.165) is 6.07 Å². The molecule has 2 heterocycles. The van der Waals surface area contributed by atoms with Crippen molar-refractivity contribution >= 4 is 32.7 Å². The molecule has 3 rings (SSSR count). The van der Waals surface area contributed by atoms with Crippen LogP contribution in [0.4, 0.5) is 19.0 Å². The zero-order valence-electron chi connectivity index (χ0n) is 13.8. The van der Waals surface area contributed by atoms with E-state index in [-0.39, 0.29) is 16.6 Å². The lowest BCUT2D eigenvalue weighted by atomic mass is 9.97. The van der Waals surface area contributed by atoms with Gasteiger partial charge in [-0.1, -0.05) is 12.1 Å². The van der Waals surface area contributed by atoms with Crippen LogP contribution in [0.3, 0.4) is 0 Å². The number of pyridine rings is 1. The van der Waals surface area contributed by atoms with Crippen LogP contribution < -0.4 is 10.9 Å². The smallest absolute Gasteiger partial charge is 0.363 e. The van der Waals surface area contributed by atoms with E-state index >= 15 is 0 Å². The van der Waals surface area contributed by atoms with E-state index in [1.54, 1.807) is 19.1 Å². The Bertz CT molecular complexity index is 1030. The molecule has 5 nitrogen and oxygen atoms in total. The molecule has 3 aromatic rings. The largest absolute Gasteiger partial charge is 0.416 e. The zero-order chi connectivity index (χ0) is 19.1. The number of aromatic nitrogens is 3. The van der Waals surface area contributed by atoms with Gasteiger partial charge in [0.15, 0.2) is 0 Å². The van der Waals surface area contributed by atoms with Gasteiger partial charge in [-0.25, -0.2) is 9.97 Å². The van der Waals surface area contributed by atoms with Gasteiger partial charge in [0, 0.05) is 0 Å². The van der Waals surface area contributed by atoms with Gasteiger partial charge in [-0.2, -0.15) is 13.2 Å². The Morgan fingerprint density at radius 3 is 2.69 bits per heavy atom. The second-order valence-corrected chi connectivity index (χ2v) is 6.67. The number of anilines is 1. The minimum atomic E-state index is -4.42. The van der Waals surface area contributed by atoms with Crippen molar-refractivity contribution in [2.24, 2.45) is 0 Å². The molecule has 2 N–H and O–H groups in total. The van der Waals surface area contributed by atoms with Crippen molar-refractivity contribution < 1.29 is 13.2 Å². The average molecular weight is 427 g/mol. The van der Waals surface area contributed by atoms with E-state index in [1.807, 2.05) is 0 Å². The van der Waals surface area contributed by atoms with Crippen molar-refractivity contribution in [2.75, 3.05) is 5.32 Å². The first-order valence-electron chi connectivity index (χ1n) is 7.65. The summed E-state index contributed by atoms with van der Waals surface area (Å²) in [6, 6.07) is 5.25. The van der Waals surface area contributed by atoms with Crippen LogP contribution in [-0.2, 0) is 6.18 Å². The predicted molar refractivity (Wildman–Crippen MR) is 96.1 cm³/mol. The Labute approximate surface area is 154 Å². The Balaban J connectivity index is 2.03. The second kappa shape index (κ2) is 6.71. The lowest BCUT2D eigenvalue weighted by Crippen LogP contribution is -2.15. The molecule has 1 aromatic carbocycles. The quantitative estimate of drug-likeness (QED) is 0.601. The molecule has 0 radical (unpaired) electrons. The summed E-state index contributed by atoms with van der Waals surface area (Å²) < 4.78 is 39.8. The summed E-state index contributed by atoms with van der Waals surface area (Å²) in [4.78, 5) is 22.7. The minimum absolute atomic E-state index is 0.150. The Hall–Kier alpha value is -2.42. The highest BCUT2D eigenvalue weighted by Crippen LogP contribution is 2.35. The van der Waals surface area contributed by atoms with Crippen molar-refractivity contribution in [3.05, 3.63) is 62.2 Å². The number of hydrogen-bond donors (Lipinski definition) is 2. The number of nitrogens with zero attached hydrogens (tertiary/aromatic N) is 2. The van der Waals surface area contributed by atoms with Crippen LogP contribution in [0.25, 0.3) is 10.9 Å². The van der Waals surface area contributed by atoms with Gasteiger partial charge in [0.1, 0.15) is 17.7 Å². The highest BCUT2D eigenvalue weighted by molar-refractivity contribution is 9.10. The third kappa shape index (κ3) is 3.44. The first-order chi connectivity index (χ1) is 12.2. The number of fused-ring (bicyclic) bond motifs is 1. The van der Waals surface area contributed by atoms with E-state index in [9.17, 15) is 18.0 Å². The highest BCUT2D eigenvalue weighted by atomic mass is 79.9. The lowest BCUT2D eigenvalue weighted by molar-refractivity contribution is -0.138. The second-order valence-electron chi connectivity index (χ2n) is 5.81. The summed E-state index contributed by atoms with van der Waals surface area (Å²) in [7, 11) is 0. The van der Waals surface area contributed by atoms with Gasteiger partial charge in [-0.3, -0.25) is 4.79 Å². The molecule has 0 saturated carbocycles. The summed E-state index contributed by atoms with van der Waals surface area (Å²) in [5.74, 6) is 0.367. The number of benzene rings is 1. The topological polar surface area (TPSA) is 70.7 Å². The monoisotopic (exact) mass is 426 g/mol. The summed E-state index contributed by atoms with van der Waals surface area (Å²) >= 11 is 3.21. The molecular weight excluding hydrogens is 413 g/mol. The molecule has 0 fully saturated rings. The number of halogens is 4. The maximum Gasteiger partial charge on any atom is 0.416 e. The SMILES string of the molecule is Cc1c(C(C)Nc2ncnc3c(=O)[nH]c(Br)cc23)cccc1C(F)(F)F. The predicted octanol–water partition coefficient (Wildman–Crippen LogP) is 4.58. The molecule has 0 aliphatic heterocycles. The van der Waals surface area contributed by atoms with Crippen LogP contribution in [-0.4, -0.2) is 15.0 Å². The zero-order valence-corrected chi connectivity index (χ0v) is 15.4. The van der Waals surface area contributed by atoms with E-state index in [4.69, 9.17) is 0 Å². The van der Waals surface area contributed by atoms with Crippen LogP contribution in [0.15, 0.2) is 40.0 Å². The fraction of sp³-hybridized carbons (Fsp3) is 0.235. The Morgan fingerprint density at radius 2 is 2.00 bits per heavy atom. The molecule has 0 spiro atoms. The van der Waals surface area contributed by atoms with Crippen LogP contribution in [0.5, 0.6) is 0 Å². The first-order valence-corrected chi connectivity index (χ1v) is 8.44. The molecule has 0 bridgehead atoms. The number of aromatic amines is 1. The van der Waals surface area contributed by atoms with Crippen molar-refractivity contribution in [1.82, 2.24) is 15.0 Å². The van der Waals surface area contributed by atoms with Gasteiger partial charge < -0.3 is 10.3 Å². The van der Waals surface area contributed by atoms with Gasteiger partial charge in [0.25, 0.3) is 5.56 Å². The van der Waals surface area contributed by atoms with Gasteiger partial charge >= 0.3 is 6.18 Å². The van der Waals surface area contributed by atoms with Crippen LogP contribution >= 0.6 is 15.9 Å². The maximum absolute atomic E-state index is 13.1. The van der Waals surface area contributed by atoms with Crippen molar-refractivity contribution in [3.8, 4) is 0 Å². The number of nitrogens with one attached hydrogen (secondary N) is 2. The van der Waals surface area contributed by atoms with Gasteiger partial charge in [-0.05, 0) is 53.0 Å². The highest BCUT2D eigenvalue weighted by Gasteiger charge is 2.33. The van der Waals surface area contributed by atoms with Gasteiger partial charge in [-0.15, -0.1) is 0 Å². The average Bonchev–Trinajstić information content (AvgIpc) is 2.54. The van der Waals surface area contributed by atoms with Crippen molar-refractivity contribution in [2.45, 2.75) is 26.1 Å². The molecule has 1 atom stereocenters. The van der Waals surface area contributed by atoms with E-state index in [2.05, 4.69) is 36.2 Å². The maximum atomic E-state index is 13.1. The molecule has 2 aromatic heterocycles.